The van der Waals surface area contributed by atoms with Gasteiger partial charge >= 0.3 is 11.0 Å². The summed E-state index contributed by atoms with van der Waals surface area (Å²) in [5.41, 5.74) is 0.107. The third-order valence-corrected chi connectivity index (χ3v) is 4.39. The van der Waals surface area contributed by atoms with Gasteiger partial charge in [-0.3, -0.25) is 14.9 Å². The van der Waals surface area contributed by atoms with E-state index in [0.29, 0.717) is 5.01 Å². The number of rotatable bonds is 5. The van der Waals surface area contributed by atoms with E-state index < -0.39 is 22.8 Å². The quantitative estimate of drug-likeness (QED) is 0.641. The molecule has 10 heteroatoms. The van der Waals surface area contributed by atoms with Crippen LogP contribution in [0.3, 0.4) is 0 Å². The number of carbonyl (C=O) groups excluding carboxylic acids is 1. The Bertz CT molecular complexity index is 708. The maximum atomic E-state index is 11.9. The highest BCUT2D eigenvalue weighted by Crippen LogP contribution is 2.24. The molecular formula is C11H9N3O5S2. The van der Waals surface area contributed by atoms with Crippen LogP contribution in [0.1, 0.15) is 38.8 Å². The Balaban J connectivity index is 2.06. The fourth-order valence-corrected chi connectivity index (χ4v) is 2.97. The van der Waals surface area contributed by atoms with E-state index in [0.717, 1.165) is 22.7 Å². The average molecular weight is 327 g/mol. The minimum absolute atomic E-state index is 0.0812. The minimum atomic E-state index is -1.13. The van der Waals surface area contributed by atoms with Crippen molar-refractivity contribution in [3.05, 3.63) is 43.2 Å². The summed E-state index contributed by atoms with van der Waals surface area (Å²) in [5.74, 6) is -1.61. The molecule has 0 aliphatic rings. The summed E-state index contributed by atoms with van der Waals surface area (Å²) in [5, 5.41) is 25.1. The van der Waals surface area contributed by atoms with E-state index in [1.165, 1.54) is 16.8 Å². The first-order chi connectivity index (χ1) is 9.88. The second-order valence-electron chi connectivity index (χ2n) is 4.00. The first-order valence-electron chi connectivity index (χ1n) is 5.61. The van der Waals surface area contributed by atoms with Gasteiger partial charge in [0.25, 0.3) is 5.91 Å². The zero-order valence-corrected chi connectivity index (χ0v) is 12.2. The van der Waals surface area contributed by atoms with Crippen molar-refractivity contribution in [2.75, 3.05) is 0 Å². The van der Waals surface area contributed by atoms with Crippen molar-refractivity contribution in [3.63, 3.8) is 0 Å². The van der Waals surface area contributed by atoms with Crippen molar-refractivity contribution in [3.8, 4) is 0 Å². The van der Waals surface area contributed by atoms with Gasteiger partial charge in [0.1, 0.15) is 5.01 Å². The highest BCUT2D eigenvalue weighted by Gasteiger charge is 2.19. The lowest BCUT2D eigenvalue weighted by atomic mass is 10.2. The number of nitro groups is 1. The van der Waals surface area contributed by atoms with E-state index in [9.17, 15) is 19.7 Å². The van der Waals surface area contributed by atoms with E-state index in [2.05, 4.69) is 10.3 Å². The van der Waals surface area contributed by atoms with E-state index in [-0.39, 0.29) is 16.3 Å². The van der Waals surface area contributed by atoms with Gasteiger partial charge in [-0.05, 0) is 6.92 Å². The predicted octanol–water partition coefficient (Wildman–Crippen LogP) is 2.30. The number of thiophene rings is 1. The maximum absolute atomic E-state index is 11.9. The molecule has 110 valence electrons. The van der Waals surface area contributed by atoms with E-state index in [4.69, 9.17) is 5.11 Å². The summed E-state index contributed by atoms with van der Waals surface area (Å²) in [6, 6.07) is 0.701. The van der Waals surface area contributed by atoms with Crippen molar-refractivity contribution in [2.45, 2.75) is 13.0 Å². The summed E-state index contributed by atoms with van der Waals surface area (Å²) in [6.07, 6.45) is 0. The van der Waals surface area contributed by atoms with Crippen molar-refractivity contribution in [1.29, 1.82) is 0 Å². The number of nitrogens with zero attached hydrogens (tertiary/aromatic N) is 2. The van der Waals surface area contributed by atoms with Gasteiger partial charge < -0.3 is 10.4 Å². The lowest BCUT2D eigenvalue weighted by Gasteiger charge is -2.09. The Hall–Kier alpha value is -2.33. The molecule has 0 bridgehead atoms. The number of carboxylic acid groups (broad SMARTS) is 1. The first-order valence-corrected chi connectivity index (χ1v) is 7.37. The lowest BCUT2D eigenvalue weighted by Crippen LogP contribution is -2.26. The van der Waals surface area contributed by atoms with Crippen molar-refractivity contribution < 1.29 is 19.6 Å². The Morgan fingerprint density at radius 2 is 2.14 bits per heavy atom. The van der Waals surface area contributed by atoms with Gasteiger partial charge in [-0.1, -0.05) is 11.3 Å². The number of carboxylic acids is 1. The van der Waals surface area contributed by atoms with Crippen LogP contribution in [0.25, 0.3) is 0 Å². The Morgan fingerprint density at radius 1 is 1.43 bits per heavy atom. The van der Waals surface area contributed by atoms with E-state index in [1.54, 1.807) is 6.92 Å². The normalized spacial score (nSPS) is 11.9. The third-order valence-electron chi connectivity index (χ3n) is 2.49. The smallest absolute Gasteiger partial charge is 0.355 e. The van der Waals surface area contributed by atoms with Gasteiger partial charge in [0.15, 0.2) is 5.69 Å². The van der Waals surface area contributed by atoms with E-state index >= 15 is 0 Å². The van der Waals surface area contributed by atoms with Crippen LogP contribution in [0.5, 0.6) is 0 Å². The van der Waals surface area contributed by atoms with Crippen LogP contribution in [0.4, 0.5) is 5.00 Å². The highest BCUT2D eigenvalue weighted by molar-refractivity contribution is 7.13. The van der Waals surface area contributed by atoms with E-state index in [1.807, 2.05) is 0 Å². The fraction of sp³-hybridized carbons (Fsp3) is 0.182. The predicted molar refractivity (Wildman–Crippen MR) is 75.9 cm³/mol. The monoisotopic (exact) mass is 327 g/mol. The standard InChI is InChI=1S/C11H9N3O5S2/c1-5(10-13-7(4-21-10)11(16)17)12-9(15)6-2-8(14(18)19)20-3-6/h2-5H,1H3,(H,12,15)(H,16,17). The Morgan fingerprint density at radius 3 is 2.67 bits per heavy atom. The zero-order chi connectivity index (χ0) is 15.6. The second-order valence-corrected chi connectivity index (χ2v) is 5.78. The van der Waals surface area contributed by atoms with Gasteiger partial charge in [0.05, 0.1) is 16.5 Å². The number of thiazole rings is 1. The van der Waals surface area contributed by atoms with Gasteiger partial charge in [-0.25, -0.2) is 9.78 Å². The van der Waals surface area contributed by atoms with Gasteiger partial charge in [-0.15, -0.1) is 11.3 Å². The number of nitrogens with one attached hydrogen (secondary N) is 1. The minimum Gasteiger partial charge on any atom is -0.476 e. The third kappa shape index (κ3) is 3.41. The summed E-state index contributed by atoms with van der Waals surface area (Å²) >= 11 is 1.99. The molecule has 0 spiro atoms. The molecule has 1 amide bonds. The van der Waals surface area contributed by atoms with Crippen molar-refractivity contribution in [2.24, 2.45) is 0 Å². The van der Waals surface area contributed by atoms with Crippen LogP contribution in [-0.2, 0) is 0 Å². The Kier molecular flexibility index (Phi) is 4.29. The zero-order valence-electron chi connectivity index (χ0n) is 10.6. The topological polar surface area (TPSA) is 122 Å². The molecule has 2 heterocycles. The number of hydrogen-bond donors (Lipinski definition) is 2. The molecule has 21 heavy (non-hydrogen) atoms. The van der Waals surface area contributed by atoms with Crippen LogP contribution in [0.2, 0.25) is 0 Å². The molecule has 1 atom stereocenters. The molecular weight excluding hydrogens is 318 g/mol. The molecule has 0 aromatic carbocycles. The molecule has 2 rings (SSSR count). The second kappa shape index (κ2) is 5.97. The van der Waals surface area contributed by atoms with Crippen molar-refractivity contribution in [1.82, 2.24) is 10.3 Å². The van der Waals surface area contributed by atoms with Gasteiger partial charge in [0.2, 0.25) is 0 Å². The SMILES string of the molecule is CC(NC(=O)c1csc([N+](=O)[O-])c1)c1nc(C(=O)O)cs1. The first kappa shape index (κ1) is 15.1. The molecule has 2 aromatic rings. The lowest BCUT2D eigenvalue weighted by molar-refractivity contribution is -0.380. The number of aromatic nitrogens is 1. The molecule has 2 N–H and O–H groups in total. The van der Waals surface area contributed by atoms with Gasteiger partial charge in [-0.2, -0.15) is 0 Å². The van der Waals surface area contributed by atoms with Crippen LogP contribution < -0.4 is 5.32 Å². The molecule has 2 aromatic heterocycles. The summed E-state index contributed by atoms with van der Waals surface area (Å²) in [4.78, 5) is 36.6. The van der Waals surface area contributed by atoms with Crippen LogP contribution in [0.15, 0.2) is 16.8 Å². The molecule has 0 saturated carbocycles. The summed E-state index contributed by atoms with van der Waals surface area (Å²) < 4.78 is 0. The molecule has 0 saturated heterocycles. The van der Waals surface area contributed by atoms with Crippen LogP contribution >= 0.6 is 22.7 Å². The Labute approximate surface area is 126 Å². The number of carbonyl (C=O) groups is 2. The maximum Gasteiger partial charge on any atom is 0.355 e. The number of amides is 1. The number of hydrogen-bond acceptors (Lipinski definition) is 7. The molecule has 8 nitrogen and oxygen atoms in total. The molecule has 0 aliphatic heterocycles. The van der Waals surface area contributed by atoms with Crippen molar-refractivity contribution >= 4 is 39.6 Å². The molecule has 0 aliphatic carbocycles. The number of aromatic carboxylic acids is 1. The highest BCUT2D eigenvalue weighted by atomic mass is 32.1. The average Bonchev–Trinajstić information content (AvgIpc) is 3.08. The molecule has 0 fully saturated rings. The van der Waals surface area contributed by atoms with Crippen LogP contribution in [-0.4, -0.2) is 26.9 Å². The summed E-state index contributed by atoms with van der Waals surface area (Å²) in [7, 11) is 0. The largest absolute Gasteiger partial charge is 0.476 e. The van der Waals surface area contributed by atoms with Gasteiger partial charge in [0, 0.05) is 16.8 Å². The molecule has 0 radical (unpaired) electrons. The molecule has 1 unspecified atom stereocenters. The summed E-state index contributed by atoms with van der Waals surface area (Å²) in [6.45, 7) is 1.66. The van der Waals surface area contributed by atoms with Crippen LogP contribution in [0, 0.1) is 10.1 Å². The fourth-order valence-electron chi connectivity index (χ4n) is 1.47.